The summed E-state index contributed by atoms with van der Waals surface area (Å²) < 4.78 is 2.81. The van der Waals surface area contributed by atoms with Crippen molar-refractivity contribution in [3.05, 3.63) is 67.3 Å². The van der Waals surface area contributed by atoms with Crippen molar-refractivity contribution in [2.75, 3.05) is 0 Å². The van der Waals surface area contributed by atoms with Crippen molar-refractivity contribution >= 4 is 33.3 Å². The van der Waals surface area contributed by atoms with Crippen LogP contribution in [0.4, 0.5) is 0 Å². The summed E-state index contributed by atoms with van der Waals surface area (Å²) in [6, 6.07) is 4.98. The van der Waals surface area contributed by atoms with Gasteiger partial charge in [-0.25, -0.2) is 14.3 Å². The summed E-state index contributed by atoms with van der Waals surface area (Å²) in [6.45, 7) is 1.88. The molecule has 0 aliphatic heterocycles. The Bertz CT molecular complexity index is 1140. The lowest BCUT2D eigenvalue weighted by Gasteiger charge is -2.09. The maximum Gasteiger partial charge on any atom is 0.337 e. The Balaban J connectivity index is 2.24. The van der Waals surface area contributed by atoms with Crippen molar-refractivity contribution in [2.45, 2.75) is 6.92 Å². The van der Waals surface area contributed by atoms with Crippen LogP contribution >= 0.6 is 22.9 Å². The highest BCUT2D eigenvalue weighted by Gasteiger charge is 2.16. The lowest BCUT2D eigenvalue weighted by Crippen LogP contribution is -2.37. The SMILES string of the molecule is CC=CC#Cc1ccc(-n2c(=O)c3scnc3n(C)c2=O)c(Cl)c1. The second kappa shape index (κ2) is 6.48. The van der Waals surface area contributed by atoms with Gasteiger partial charge in [0.15, 0.2) is 5.65 Å². The molecule has 0 atom stereocenters. The molecule has 1 aromatic carbocycles. The number of thiazole rings is 1. The average Bonchev–Trinajstić information content (AvgIpc) is 3.05. The first-order chi connectivity index (χ1) is 11.5. The quantitative estimate of drug-likeness (QED) is 0.629. The van der Waals surface area contributed by atoms with Crippen LogP contribution < -0.4 is 11.2 Å². The van der Waals surface area contributed by atoms with Gasteiger partial charge in [-0.1, -0.05) is 29.5 Å². The van der Waals surface area contributed by atoms with Crippen LogP contribution in [0.2, 0.25) is 5.02 Å². The van der Waals surface area contributed by atoms with E-state index >= 15 is 0 Å². The maximum absolute atomic E-state index is 12.6. The second-order valence-corrected chi connectivity index (χ2v) is 6.18. The number of hydrogen-bond donors (Lipinski definition) is 0. The second-order valence-electron chi connectivity index (χ2n) is 4.92. The number of hydrogen-bond acceptors (Lipinski definition) is 4. The number of allylic oxidation sites excluding steroid dienone is 2. The lowest BCUT2D eigenvalue weighted by molar-refractivity contribution is 0.768. The van der Waals surface area contributed by atoms with Crippen LogP contribution in [0, 0.1) is 11.8 Å². The molecular formula is C17H12ClN3O2S. The zero-order valence-electron chi connectivity index (χ0n) is 12.9. The van der Waals surface area contributed by atoms with Crippen LogP contribution in [0.15, 0.2) is 45.5 Å². The topological polar surface area (TPSA) is 56.9 Å². The fourth-order valence-electron chi connectivity index (χ4n) is 2.24. The summed E-state index contributed by atoms with van der Waals surface area (Å²) in [7, 11) is 1.57. The van der Waals surface area contributed by atoms with Crippen molar-refractivity contribution in [3.8, 4) is 17.5 Å². The van der Waals surface area contributed by atoms with Gasteiger partial charge in [-0.15, -0.1) is 11.3 Å². The van der Waals surface area contributed by atoms with Crippen molar-refractivity contribution in [2.24, 2.45) is 7.05 Å². The van der Waals surface area contributed by atoms with Crippen molar-refractivity contribution < 1.29 is 0 Å². The van der Waals surface area contributed by atoms with Gasteiger partial charge >= 0.3 is 5.69 Å². The molecule has 5 nitrogen and oxygen atoms in total. The largest absolute Gasteiger partial charge is 0.337 e. The highest BCUT2D eigenvalue weighted by molar-refractivity contribution is 7.16. The molecule has 7 heteroatoms. The standard InChI is InChI=1S/C17H12ClN3O2S/c1-3-4-5-6-11-7-8-13(12(18)9-11)21-16(22)14-15(19-10-24-14)20(2)17(21)23/h3-4,7-10H,1-2H3. The number of nitrogens with zero attached hydrogens (tertiary/aromatic N) is 3. The van der Waals surface area contributed by atoms with Crippen molar-refractivity contribution in [1.29, 1.82) is 0 Å². The number of fused-ring (bicyclic) bond motifs is 1. The van der Waals surface area contributed by atoms with E-state index < -0.39 is 11.2 Å². The summed E-state index contributed by atoms with van der Waals surface area (Å²) in [5.74, 6) is 5.79. The third-order valence-electron chi connectivity index (χ3n) is 3.40. The van der Waals surface area contributed by atoms with Crippen LogP contribution in [0.3, 0.4) is 0 Å². The zero-order valence-corrected chi connectivity index (χ0v) is 14.5. The van der Waals surface area contributed by atoms with Gasteiger partial charge in [0.1, 0.15) is 4.70 Å². The van der Waals surface area contributed by atoms with E-state index in [4.69, 9.17) is 11.6 Å². The molecule has 0 N–H and O–H groups in total. The van der Waals surface area contributed by atoms with E-state index in [-0.39, 0.29) is 5.02 Å². The molecule has 3 aromatic rings. The predicted octanol–water partition coefficient (Wildman–Crippen LogP) is 2.73. The van der Waals surface area contributed by atoms with Gasteiger partial charge in [0, 0.05) is 12.6 Å². The Labute approximate surface area is 146 Å². The molecule has 0 aliphatic rings. The molecule has 0 saturated carbocycles. The Morgan fingerprint density at radius 3 is 2.83 bits per heavy atom. The minimum absolute atomic E-state index is 0.283. The number of rotatable bonds is 1. The molecule has 0 radical (unpaired) electrons. The summed E-state index contributed by atoms with van der Waals surface area (Å²) in [5, 5.41) is 0.283. The minimum atomic E-state index is -0.493. The molecule has 120 valence electrons. The smallest absolute Gasteiger partial charge is 0.279 e. The summed E-state index contributed by atoms with van der Waals surface area (Å²) in [5.41, 5.74) is 2.02. The lowest BCUT2D eigenvalue weighted by atomic mass is 10.2. The first-order valence-electron chi connectivity index (χ1n) is 7.02. The molecule has 0 fully saturated rings. The van der Waals surface area contributed by atoms with Crippen molar-refractivity contribution in [1.82, 2.24) is 14.1 Å². The maximum atomic E-state index is 12.6. The highest BCUT2D eigenvalue weighted by Crippen LogP contribution is 2.20. The summed E-state index contributed by atoms with van der Waals surface area (Å²) >= 11 is 7.48. The molecule has 0 amide bonds. The fraction of sp³-hybridized carbons (Fsp3) is 0.118. The van der Waals surface area contributed by atoms with E-state index in [2.05, 4.69) is 16.8 Å². The van der Waals surface area contributed by atoms with Crippen LogP contribution in [0.1, 0.15) is 12.5 Å². The molecule has 2 aromatic heterocycles. The van der Waals surface area contributed by atoms with E-state index in [0.717, 1.165) is 4.57 Å². The molecule has 3 rings (SSSR count). The first kappa shape index (κ1) is 16.2. The number of benzene rings is 1. The van der Waals surface area contributed by atoms with Gasteiger partial charge in [0.2, 0.25) is 0 Å². The normalized spacial score (nSPS) is 11.0. The number of halogens is 1. The van der Waals surface area contributed by atoms with Crippen LogP contribution in [0.25, 0.3) is 16.0 Å². The monoisotopic (exact) mass is 357 g/mol. The Morgan fingerprint density at radius 2 is 2.12 bits per heavy atom. The molecule has 2 heterocycles. The number of aryl methyl sites for hydroxylation is 1. The zero-order chi connectivity index (χ0) is 17.3. The van der Waals surface area contributed by atoms with Gasteiger partial charge in [0.05, 0.1) is 16.2 Å². The summed E-state index contributed by atoms with van der Waals surface area (Å²) in [6.07, 6.45) is 3.55. The summed E-state index contributed by atoms with van der Waals surface area (Å²) in [4.78, 5) is 29.2. The molecule has 0 bridgehead atoms. The molecule has 0 unspecified atom stereocenters. The average molecular weight is 358 g/mol. The third kappa shape index (κ3) is 2.68. The molecule has 0 aliphatic carbocycles. The number of aromatic nitrogens is 3. The van der Waals surface area contributed by atoms with Gasteiger partial charge < -0.3 is 0 Å². The first-order valence-corrected chi connectivity index (χ1v) is 8.28. The third-order valence-corrected chi connectivity index (χ3v) is 4.50. The van der Waals surface area contributed by atoms with Gasteiger partial charge in [0.25, 0.3) is 5.56 Å². The molecular weight excluding hydrogens is 346 g/mol. The highest BCUT2D eigenvalue weighted by atomic mass is 35.5. The van der Waals surface area contributed by atoms with E-state index in [1.54, 1.807) is 31.3 Å². The van der Waals surface area contributed by atoms with Gasteiger partial charge in [-0.2, -0.15) is 0 Å². The van der Waals surface area contributed by atoms with E-state index in [0.29, 0.717) is 21.6 Å². The van der Waals surface area contributed by atoms with E-state index in [1.807, 2.05) is 13.0 Å². The van der Waals surface area contributed by atoms with Crippen LogP contribution in [0.5, 0.6) is 0 Å². The molecule has 0 spiro atoms. The van der Waals surface area contributed by atoms with E-state index in [9.17, 15) is 9.59 Å². The van der Waals surface area contributed by atoms with Crippen LogP contribution in [-0.2, 0) is 7.05 Å². The molecule has 24 heavy (non-hydrogen) atoms. The van der Waals surface area contributed by atoms with Crippen LogP contribution in [-0.4, -0.2) is 14.1 Å². The van der Waals surface area contributed by atoms with Gasteiger partial charge in [-0.05, 0) is 31.2 Å². The Hall–Kier alpha value is -2.62. The Kier molecular flexibility index (Phi) is 4.38. The van der Waals surface area contributed by atoms with Gasteiger partial charge in [-0.3, -0.25) is 9.36 Å². The predicted molar refractivity (Wildman–Crippen MR) is 97.2 cm³/mol. The Morgan fingerprint density at radius 1 is 1.33 bits per heavy atom. The molecule has 0 saturated heterocycles. The van der Waals surface area contributed by atoms with E-state index in [1.165, 1.54) is 21.4 Å². The van der Waals surface area contributed by atoms with Crippen molar-refractivity contribution in [3.63, 3.8) is 0 Å². The minimum Gasteiger partial charge on any atom is -0.279 e. The fourth-order valence-corrected chi connectivity index (χ4v) is 3.25.